The lowest BCUT2D eigenvalue weighted by molar-refractivity contribution is -0.116. The van der Waals surface area contributed by atoms with Crippen molar-refractivity contribution in [3.05, 3.63) is 83.4 Å². The smallest absolute Gasteiger partial charge is 0.237 e. The fourth-order valence-electron chi connectivity index (χ4n) is 4.38. The van der Waals surface area contributed by atoms with E-state index >= 15 is 0 Å². The molecule has 0 bridgehead atoms. The van der Waals surface area contributed by atoms with Gasteiger partial charge in [0.2, 0.25) is 11.8 Å². The maximum Gasteiger partial charge on any atom is 0.237 e. The van der Waals surface area contributed by atoms with Gasteiger partial charge in [0.1, 0.15) is 5.92 Å². The van der Waals surface area contributed by atoms with E-state index in [2.05, 4.69) is 20.5 Å². The first-order chi connectivity index (χ1) is 17.5. The van der Waals surface area contributed by atoms with E-state index in [0.29, 0.717) is 22.5 Å². The van der Waals surface area contributed by atoms with Crippen LogP contribution in [0, 0.1) is 0 Å². The highest BCUT2D eigenvalue weighted by atomic mass is 16.5. The van der Waals surface area contributed by atoms with Crippen molar-refractivity contribution in [2.45, 2.75) is 12.8 Å². The Morgan fingerprint density at radius 1 is 1.00 bits per heavy atom. The zero-order valence-electron chi connectivity index (χ0n) is 19.9. The molecular weight excluding hydrogens is 456 g/mol. The van der Waals surface area contributed by atoms with E-state index < -0.39 is 5.92 Å². The third kappa shape index (κ3) is 5.04. The quantitative estimate of drug-likeness (QED) is 0.406. The minimum Gasteiger partial charge on any atom is -0.378 e. The van der Waals surface area contributed by atoms with Crippen LogP contribution < -0.4 is 15.5 Å². The Morgan fingerprint density at radius 2 is 1.69 bits per heavy atom. The number of ether oxygens (including phenoxy) is 1. The van der Waals surface area contributed by atoms with E-state index in [1.165, 1.54) is 6.92 Å². The third-order valence-electron chi connectivity index (χ3n) is 6.26. The molecule has 36 heavy (non-hydrogen) atoms. The molecule has 0 saturated carbocycles. The third-order valence-corrected chi connectivity index (χ3v) is 6.26. The Bertz CT molecular complexity index is 1330. The molecule has 8 nitrogen and oxygen atoms in total. The summed E-state index contributed by atoms with van der Waals surface area (Å²) in [6.07, 6.45) is 1.65. The van der Waals surface area contributed by atoms with Gasteiger partial charge >= 0.3 is 0 Å². The van der Waals surface area contributed by atoms with Gasteiger partial charge in [-0.05, 0) is 60.2 Å². The predicted octanol–water partition coefficient (Wildman–Crippen LogP) is 4.15. The molecule has 0 radical (unpaired) electrons. The second-order valence-corrected chi connectivity index (χ2v) is 8.75. The van der Waals surface area contributed by atoms with Gasteiger partial charge in [-0.1, -0.05) is 12.1 Å². The van der Waals surface area contributed by atoms with Gasteiger partial charge in [0, 0.05) is 54.4 Å². The first-order valence-corrected chi connectivity index (χ1v) is 11.8. The van der Waals surface area contributed by atoms with Crippen molar-refractivity contribution in [3.8, 4) is 0 Å². The van der Waals surface area contributed by atoms with Gasteiger partial charge in [-0.15, -0.1) is 0 Å². The Balaban J connectivity index is 1.29. The molecule has 2 N–H and O–H groups in total. The van der Waals surface area contributed by atoms with Crippen LogP contribution in [0.25, 0.3) is 0 Å². The van der Waals surface area contributed by atoms with Gasteiger partial charge in [0.05, 0.1) is 18.9 Å². The van der Waals surface area contributed by atoms with E-state index in [4.69, 9.17) is 4.74 Å². The Labute approximate surface area is 209 Å². The number of aliphatic imine (C=N–C) groups is 1. The van der Waals surface area contributed by atoms with Crippen LogP contribution in [0.15, 0.2) is 71.7 Å². The molecule has 8 heteroatoms. The van der Waals surface area contributed by atoms with E-state index in [-0.39, 0.29) is 17.6 Å². The molecule has 0 aliphatic carbocycles. The van der Waals surface area contributed by atoms with Gasteiger partial charge in [-0.2, -0.15) is 0 Å². The largest absolute Gasteiger partial charge is 0.378 e. The van der Waals surface area contributed by atoms with Gasteiger partial charge < -0.3 is 20.3 Å². The highest BCUT2D eigenvalue weighted by Gasteiger charge is 2.30. The summed E-state index contributed by atoms with van der Waals surface area (Å²) in [7, 11) is 0. The Morgan fingerprint density at radius 3 is 2.39 bits per heavy atom. The average Bonchev–Trinajstić information content (AvgIpc) is 3.22. The van der Waals surface area contributed by atoms with Crippen LogP contribution in [0.4, 0.5) is 22.7 Å². The number of hydrogen-bond donors (Lipinski definition) is 2. The maximum atomic E-state index is 13.0. The van der Waals surface area contributed by atoms with Crippen LogP contribution in [-0.4, -0.2) is 50.1 Å². The highest BCUT2D eigenvalue weighted by Crippen LogP contribution is 2.33. The molecule has 1 unspecified atom stereocenters. The molecule has 2 amide bonds. The van der Waals surface area contributed by atoms with Gasteiger partial charge in [-0.3, -0.25) is 19.4 Å². The monoisotopic (exact) mass is 482 g/mol. The first-order valence-electron chi connectivity index (χ1n) is 11.8. The van der Waals surface area contributed by atoms with E-state index in [1.807, 2.05) is 24.3 Å². The highest BCUT2D eigenvalue weighted by molar-refractivity contribution is 6.15. The molecule has 1 saturated heterocycles. The first kappa shape index (κ1) is 23.4. The number of morpholine rings is 1. The van der Waals surface area contributed by atoms with E-state index in [0.717, 1.165) is 43.2 Å². The number of carbonyl (C=O) groups is 3. The molecule has 2 heterocycles. The maximum absolute atomic E-state index is 13.0. The molecule has 2 aliphatic heterocycles. The van der Waals surface area contributed by atoms with Gasteiger partial charge in [0.15, 0.2) is 5.78 Å². The normalized spacial score (nSPS) is 17.1. The van der Waals surface area contributed by atoms with E-state index in [1.54, 1.807) is 48.7 Å². The summed E-state index contributed by atoms with van der Waals surface area (Å²) in [5, 5.41) is 5.54. The van der Waals surface area contributed by atoms with E-state index in [9.17, 15) is 14.4 Å². The predicted molar refractivity (Wildman–Crippen MR) is 140 cm³/mol. The minimum atomic E-state index is -0.528. The summed E-state index contributed by atoms with van der Waals surface area (Å²) in [6, 6.07) is 19.9. The number of ketones is 1. The lowest BCUT2D eigenvalue weighted by Crippen LogP contribution is -2.36. The van der Waals surface area contributed by atoms with Crippen molar-refractivity contribution < 1.29 is 19.1 Å². The number of fused-ring (bicyclic) bond motifs is 1. The molecule has 5 rings (SSSR count). The molecule has 0 spiro atoms. The zero-order valence-corrected chi connectivity index (χ0v) is 19.9. The van der Waals surface area contributed by atoms with Crippen LogP contribution >= 0.6 is 0 Å². The summed E-state index contributed by atoms with van der Waals surface area (Å²) >= 11 is 0. The van der Waals surface area contributed by atoms with Gasteiger partial charge in [-0.25, -0.2) is 0 Å². The number of nitrogens with one attached hydrogen (secondary N) is 2. The summed E-state index contributed by atoms with van der Waals surface area (Å²) in [5.41, 5.74) is 4.87. The molecular formula is C28H26N4O4. The molecule has 182 valence electrons. The Hall–Kier alpha value is -4.30. The summed E-state index contributed by atoms with van der Waals surface area (Å²) < 4.78 is 5.40. The van der Waals surface area contributed by atoms with Crippen molar-refractivity contribution in [3.63, 3.8) is 0 Å². The number of rotatable bonds is 6. The number of nitrogens with zero attached hydrogens (tertiary/aromatic N) is 2. The molecule has 0 aromatic heterocycles. The van der Waals surface area contributed by atoms with Crippen LogP contribution in [0.5, 0.6) is 0 Å². The van der Waals surface area contributed by atoms with Crippen LogP contribution in [0.2, 0.25) is 0 Å². The van der Waals surface area contributed by atoms with Crippen molar-refractivity contribution in [1.82, 2.24) is 0 Å². The SMILES string of the molecule is CC(=O)Nc1ccc(C(=O)c2ccc3c(c2)NC(=O)C3C=Nc2ccc(N3CCOCC3)cc2)cc1. The van der Waals surface area contributed by atoms with Crippen molar-refractivity contribution in [1.29, 1.82) is 0 Å². The standard InChI is InChI=1S/C28H26N4O4/c1-18(33)30-22-5-2-19(3-6-22)27(34)20-4-11-24-25(28(35)31-26(24)16-20)17-29-21-7-9-23(10-8-21)32-12-14-36-15-13-32/h2-11,16-17,25H,12-15H2,1H3,(H,30,33)(H,31,35). The number of carbonyl (C=O) groups excluding carboxylic acids is 3. The minimum absolute atomic E-state index is 0.168. The average molecular weight is 483 g/mol. The lowest BCUT2D eigenvalue weighted by Gasteiger charge is -2.28. The summed E-state index contributed by atoms with van der Waals surface area (Å²) in [5.74, 6) is -1.05. The molecule has 3 aromatic rings. The topological polar surface area (TPSA) is 100 Å². The number of hydrogen-bond acceptors (Lipinski definition) is 6. The van der Waals surface area contributed by atoms with Crippen molar-refractivity contribution >= 4 is 46.6 Å². The summed E-state index contributed by atoms with van der Waals surface area (Å²) in [6.45, 7) is 4.63. The van der Waals surface area contributed by atoms with Gasteiger partial charge in [0.25, 0.3) is 0 Å². The Kier molecular flexibility index (Phi) is 6.60. The van der Waals surface area contributed by atoms with Crippen LogP contribution in [-0.2, 0) is 14.3 Å². The van der Waals surface area contributed by atoms with Crippen molar-refractivity contribution in [2.75, 3.05) is 41.8 Å². The number of anilines is 3. The fourth-order valence-corrected chi connectivity index (χ4v) is 4.38. The van der Waals surface area contributed by atoms with Crippen molar-refractivity contribution in [2.24, 2.45) is 4.99 Å². The number of amides is 2. The molecule has 1 atom stereocenters. The fraction of sp³-hybridized carbons (Fsp3) is 0.214. The second kappa shape index (κ2) is 10.1. The molecule has 3 aromatic carbocycles. The number of benzene rings is 3. The van der Waals surface area contributed by atoms with Crippen LogP contribution in [0.1, 0.15) is 34.3 Å². The molecule has 2 aliphatic rings. The lowest BCUT2D eigenvalue weighted by atomic mass is 9.97. The zero-order chi connectivity index (χ0) is 25.1. The molecule has 1 fully saturated rings. The second-order valence-electron chi connectivity index (χ2n) is 8.75. The van der Waals surface area contributed by atoms with Crippen LogP contribution in [0.3, 0.4) is 0 Å². The summed E-state index contributed by atoms with van der Waals surface area (Å²) in [4.78, 5) is 43.6.